The average molecular weight is 318 g/mol. The Morgan fingerprint density at radius 3 is 2.61 bits per heavy atom. The predicted molar refractivity (Wildman–Crippen MR) is 94.4 cm³/mol. The second kappa shape index (κ2) is 6.14. The number of hydrogen-bond donors (Lipinski definition) is 1. The van der Waals surface area contributed by atoms with E-state index in [1.807, 2.05) is 36.4 Å². The Labute approximate surface area is 137 Å². The molecule has 0 saturated carbocycles. The van der Waals surface area contributed by atoms with Crippen molar-refractivity contribution in [3.8, 4) is 10.4 Å². The number of nitrogens with zero attached hydrogens (tertiary/aromatic N) is 3. The van der Waals surface area contributed by atoms with Crippen LogP contribution in [0.4, 0.5) is 5.82 Å². The summed E-state index contributed by atoms with van der Waals surface area (Å²) < 4.78 is 0. The van der Waals surface area contributed by atoms with Gasteiger partial charge in [-0.05, 0) is 23.8 Å². The van der Waals surface area contributed by atoms with Gasteiger partial charge in [0.2, 0.25) is 0 Å². The van der Waals surface area contributed by atoms with Crippen molar-refractivity contribution in [2.24, 2.45) is 0 Å². The third-order valence-electron chi connectivity index (χ3n) is 3.55. The van der Waals surface area contributed by atoms with Gasteiger partial charge in [0.15, 0.2) is 0 Å². The van der Waals surface area contributed by atoms with Crippen LogP contribution in [0.25, 0.3) is 20.7 Å². The quantitative estimate of drug-likeness (QED) is 0.607. The summed E-state index contributed by atoms with van der Waals surface area (Å²) >= 11 is 1.68. The Morgan fingerprint density at radius 2 is 1.78 bits per heavy atom. The van der Waals surface area contributed by atoms with Gasteiger partial charge in [0.25, 0.3) is 0 Å². The molecule has 0 aliphatic heterocycles. The monoisotopic (exact) mass is 318 g/mol. The number of fused-ring (bicyclic) bond motifs is 1. The van der Waals surface area contributed by atoms with Gasteiger partial charge in [0.1, 0.15) is 17.0 Å². The summed E-state index contributed by atoms with van der Waals surface area (Å²) in [6.45, 7) is 0.642. The fraction of sp³-hybridized carbons (Fsp3) is 0.0556. The highest BCUT2D eigenvalue weighted by Crippen LogP contribution is 2.34. The van der Waals surface area contributed by atoms with Gasteiger partial charge in [0.05, 0.1) is 17.6 Å². The van der Waals surface area contributed by atoms with E-state index in [0.717, 1.165) is 21.7 Å². The molecule has 0 amide bonds. The summed E-state index contributed by atoms with van der Waals surface area (Å²) in [4.78, 5) is 15.3. The number of thiophene rings is 1. The summed E-state index contributed by atoms with van der Waals surface area (Å²) in [6, 6.07) is 18.4. The lowest BCUT2D eigenvalue weighted by Crippen LogP contribution is -2.03. The van der Waals surface area contributed by atoms with E-state index in [-0.39, 0.29) is 0 Å². The topological polar surface area (TPSA) is 50.7 Å². The van der Waals surface area contributed by atoms with Gasteiger partial charge >= 0.3 is 0 Å². The first-order chi connectivity index (χ1) is 11.4. The molecule has 0 spiro atoms. The second-order valence-corrected chi connectivity index (χ2v) is 6.12. The van der Waals surface area contributed by atoms with Crippen molar-refractivity contribution < 1.29 is 0 Å². The molecule has 0 unspecified atom stereocenters. The van der Waals surface area contributed by atoms with Gasteiger partial charge in [-0.1, -0.05) is 36.4 Å². The molecule has 5 heteroatoms. The van der Waals surface area contributed by atoms with Crippen molar-refractivity contribution in [1.82, 2.24) is 15.0 Å². The third kappa shape index (κ3) is 2.91. The summed E-state index contributed by atoms with van der Waals surface area (Å²) in [5.74, 6) is 0.846. The van der Waals surface area contributed by atoms with Crippen molar-refractivity contribution >= 4 is 27.4 Å². The third-order valence-corrected chi connectivity index (χ3v) is 4.64. The smallest absolute Gasteiger partial charge is 0.138 e. The minimum atomic E-state index is 0.642. The van der Waals surface area contributed by atoms with Gasteiger partial charge in [-0.2, -0.15) is 0 Å². The van der Waals surface area contributed by atoms with E-state index in [4.69, 9.17) is 0 Å². The number of anilines is 1. The van der Waals surface area contributed by atoms with E-state index in [0.29, 0.717) is 6.54 Å². The molecule has 4 nitrogen and oxygen atoms in total. The van der Waals surface area contributed by atoms with Crippen LogP contribution in [-0.4, -0.2) is 15.0 Å². The number of aromatic nitrogens is 3. The van der Waals surface area contributed by atoms with Crippen LogP contribution in [0, 0.1) is 0 Å². The number of nitrogens with one attached hydrogen (secondary N) is 1. The fourth-order valence-electron chi connectivity index (χ4n) is 2.42. The van der Waals surface area contributed by atoms with Crippen molar-refractivity contribution in [3.05, 3.63) is 72.8 Å². The second-order valence-electron chi connectivity index (χ2n) is 5.09. The largest absolute Gasteiger partial charge is 0.364 e. The van der Waals surface area contributed by atoms with Crippen molar-refractivity contribution in [2.45, 2.75) is 6.54 Å². The summed E-state index contributed by atoms with van der Waals surface area (Å²) in [5.41, 5.74) is 2.18. The van der Waals surface area contributed by atoms with E-state index in [1.165, 1.54) is 10.4 Å². The Kier molecular flexibility index (Phi) is 3.70. The van der Waals surface area contributed by atoms with Crippen molar-refractivity contribution in [3.63, 3.8) is 0 Å². The molecular formula is C18H14N4S. The maximum atomic E-state index is 4.39. The van der Waals surface area contributed by atoms with E-state index >= 15 is 0 Å². The Morgan fingerprint density at radius 1 is 0.913 bits per heavy atom. The Balaban J connectivity index is 1.66. The molecule has 0 fully saturated rings. The van der Waals surface area contributed by atoms with Gasteiger partial charge in [0, 0.05) is 11.1 Å². The first-order valence-electron chi connectivity index (χ1n) is 7.34. The lowest BCUT2D eigenvalue weighted by molar-refractivity contribution is 1.03. The lowest BCUT2D eigenvalue weighted by Gasteiger charge is -2.05. The highest BCUT2D eigenvalue weighted by Gasteiger charge is 2.10. The maximum Gasteiger partial charge on any atom is 0.138 e. The van der Waals surface area contributed by atoms with Gasteiger partial charge in [-0.15, -0.1) is 11.3 Å². The predicted octanol–water partition coefficient (Wildman–Crippen LogP) is 4.37. The first kappa shape index (κ1) is 13.8. The molecule has 3 heterocycles. The SMILES string of the molecule is c1ccc(-c2cc3c(NCc4ccccn4)ncnc3s2)cc1. The minimum Gasteiger partial charge on any atom is -0.364 e. The van der Waals surface area contributed by atoms with E-state index < -0.39 is 0 Å². The van der Waals surface area contributed by atoms with E-state index in [1.54, 1.807) is 23.9 Å². The maximum absolute atomic E-state index is 4.39. The average Bonchev–Trinajstić information content (AvgIpc) is 3.06. The van der Waals surface area contributed by atoms with Crippen LogP contribution in [0.5, 0.6) is 0 Å². The van der Waals surface area contributed by atoms with Gasteiger partial charge in [-0.3, -0.25) is 4.98 Å². The molecule has 3 aromatic heterocycles. The zero-order chi connectivity index (χ0) is 15.5. The van der Waals surface area contributed by atoms with Crippen LogP contribution < -0.4 is 5.32 Å². The summed E-state index contributed by atoms with van der Waals surface area (Å²) in [6.07, 6.45) is 3.40. The molecule has 23 heavy (non-hydrogen) atoms. The molecule has 4 aromatic rings. The number of rotatable bonds is 4. The van der Waals surface area contributed by atoms with Gasteiger partial charge < -0.3 is 5.32 Å². The molecule has 0 atom stereocenters. The number of pyridine rings is 1. The highest BCUT2D eigenvalue weighted by molar-refractivity contribution is 7.21. The molecule has 4 rings (SSSR count). The molecule has 0 radical (unpaired) electrons. The van der Waals surface area contributed by atoms with Crippen LogP contribution >= 0.6 is 11.3 Å². The lowest BCUT2D eigenvalue weighted by atomic mass is 10.2. The van der Waals surface area contributed by atoms with Crippen LogP contribution in [0.1, 0.15) is 5.69 Å². The van der Waals surface area contributed by atoms with Crippen LogP contribution in [0.15, 0.2) is 67.1 Å². The Bertz CT molecular complexity index is 920. The molecule has 0 aliphatic rings. The first-order valence-corrected chi connectivity index (χ1v) is 8.15. The van der Waals surface area contributed by atoms with E-state index in [9.17, 15) is 0 Å². The van der Waals surface area contributed by atoms with E-state index in [2.05, 4.69) is 38.5 Å². The Hall–Kier alpha value is -2.79. The molecular weight excluding hydrogens is 304 g/mol. The van der Waals surface area contributed by atoms with Crippen molar-refractivity contribution in [1.29, 1.82) is 0 Å². The molecule has 1 N–H and O–H groups in total. The van der Waals surface area contributed by atoms with Crippen LogP contribution in [0.2, 0.25) is 0 Å². The molecule has 112 valence electrons. The number of benzene rings is 1. The van der Waals surface area contributed by atoms with Crippen LogP contribution in [-0.2, 0) is 6.54 Å². The normalized spacial score (nSPS) is 10.8. The van der Waals surface area contributed by atoms with Gasteiger partial charge in [-0.25, -0.2) is 9.97 Å². The van der Waals surface area contributed by atoms with Crippen LogP contribution in [0.3, 0.4) is 0 Å². The molecule has 0 saturated heterocycles. The zero-order valence-corrected chi connectivity index (χ0v) is 13.1. The summed E-state index contributed by atoms with van der Waals surface area (Å²) in [5, 5.41) is 4.41. The standard InChI is InChI=1S/C18H14N4S/c1-2-6-13(7-3-1)16-10-15-17(21-12-22-18(15)23-16)20-11-14-8-4-5-9-19-14/h1-10,12H,11H2,(H,20,21,22). The molecule has 0 aliphatic carbocycles. The number of hydrogen-bond acceptors (Lipinski definition) is 5. The minimum absolute atomic E-state index is 0.642. The summed E-state index contributed by atoms with van der Waals surface area (Å²) in [7, 11) is 0. The fourth-order valence-corrected chi connectivity index (χ4v) is 3.42. The highest BCUT2D eigenvalue weighted by atomic mass is 32.1. The molecule has 0 bridgehead atoms. The molecule has 1 aromatic carbocycles. The van der Waals surface area contributed by atoms with Crippen molar-refractivity contribution in [2.75, 3.05) is 5.32 Å². The zero-order valence-electron chi connectivity index (χ0n) is 12.3.